The van der Waals surface area contributed by atoms with E-state index in [1.54, 1.807) is 14.0 Å². The number of rotatable bonds is 9. The molecule has 0 saturated heterocycles. The largest absolute Gasteiger partial charge is 0.497 e. The summed E-state index contributed by atoms with van der Waals surface area (Å²) in [4.78, 5) is 25.2. The molecule has 0 heterocycles. The number of hydrogen-bond acceptors (Lipinski definition) is 4. The molecule has 3 rings (SSSR count). The summed E-state index contributed by atoms with van der Waals surface area (Å²) in [6.45, 7) is 2.12. The zero-order chi connectivity index (χ0) is 22.8. The molecule has 0 aliphatic carbocycles. The molecule has 32 heavy (non-hydrogen) atoms. The Balaban J connectivity index is 1.58. The molecule has 2 N–H and O–H groups in total. The first-order valence-corrected chi connectivity index (χ1v) is 10.4. The lowest BCUT2D eigenvalue weighted by atomic mass is 9.91. The van der Waals surface area contributed by atoms with Gasteiger partial charge < -0.3 is 10.1 Å². The van der Waals surface area contributed by atoms with E-state index in [9.17, 15) is 9.59 Å². The number of nitrogens with zero attached hydrogens (tertiary/aromatic N) is 1. The molecule has 0 saturated carbocycles. The van der Waals surface area contributed by atoms with Crippen molar-refractivity contribution in [2.24, 2.45) is 5.10 Å². The topological polar surface area (TPSA) is 79.8 Å². The average Bonchev–Trinajstić information content (AvgIpc) is 2.83. The van der Waals surface area contributed by atoms with Gasteiger partial charge in [-0.25, -0.2) is 5.43 Å². The summed E-state index contributed by atoms with van der Waals surface area (Å²) in [5.41, 5.74) is 5.87. The summed E-state index contributed by atoms with van der Waals surface area (Å²) in [5.74, 6) is -0.139. The van der Waals surface area contributed by atoms with Crippen molar-refractivity contribution in [3.8, 4) is 5.75 Å². The summed E-state index contributed by atoms with van der Waals surface area (Å²) < 4.78 is 5.13. The molecule has 0 aliphatic rings. The van der Waals surface area contributed by atoms with Crippen LogP contribution in [0.25, 0.3) is 0 Å². The summed E-state index contributed by atoms with van der Waals surface area (Å²) in [5, 5.41) is 7.01. The number of amides is 2. The van der Waals surface area contributed by atoms with E-state index in [1.807, 2.05) is 84.9 Å². The smallest absolute Gasteiger partial charge is 0.252 e. The number of carbonyl (C=O) groups excluding carboxylic acids is 2. The third kappa shape index (κ3) is 6.54. The van der Waals surface area contributed by atoms with Gasteiger partial charge >= 0.3 is 0 Å². The standard InChI is InChI=1S/C26H27N3O3/c1-19(17-24(30)27-18-20-13-15-23(32-2)16-14-20)28-29-26(31)25(21-9-5-3-6-10-21)22-11-7-4-8-12-22/h3-16,25H,17-18H2,1-2H3,(H,27,30)(H,29,31)/b28-19-. The number of carbonyl (C=O) groups is 2. The molecule has 0 aromatic heterocycles. The molecular weight excluding hydrogens is 402 g/mol. The first-order valence-electron chi connectivity index (χ1n) is 10.4. The molecule has 3 aromatic carbocycles. The van der Waals surface area contributed by atoms with Crippen LogP contribution < -0.4 is 15.5 Å². The Morgan fingerprint density at radius 3 is 1.97 bits per heavy atom. The van der Waals surface area contributed by atoms with E-state index in [0.717, 1.165) is 22.4 Å². The molecule has 164 valence electrons. The molecule has 0 unspecified atom stereocenters. The van der Waals surface area contributed by atoms with Gasteiger partial charge in [0.25, 0.3) is 5.91 Å². The molecule has 6 nitrogen and oxygen atoms in total. The van der Waals surface area contributed by atoms with Crippen molar-refractivity contribution in [1.82, 2.24) is 10.7 Å². The SMILES string of the molecule is COc1ccc(CNC(=O)C/C(C)=N\NC(=O)C(c2ccccc2)c2ccccc2)cc1. The maximum Gasteiger partial charge on any atom is 0.252 e. The quantitative estimate of drug-likeness (QED) is 0.398. The van der Waals surface area contributed by atoms with Crippen LogP contribution in [0.1, 0.15) is 36.0 Å². The van der Waals surface area contributed by atoms with Gasteiger partial charge in [0.05, 0.1) is 19.4 Å². The summed E-state index contributed by atoms with van der Waals surface area (Å²) >= 11 is 0. The lowest BCUT2D eigenvalue weighted by Crippen LogP contribution is -2.29. The molecule has 3 aromatic rings. The van der Waals surface area contributed by atoms with E-state index in [1.165, 1.54) is 0 Å². The van der Waals surface area contributed by atoms with Gasteiger partial charge in [-0.1, -0.05) is 72.8 Å². The highest BCUT2D eigenvalue weighted by atomic mass is 16.5. The van der Waals surface area contributed by atoms with Crippen LogP contribution in [0.5, 0.6) is 5.75 Å². The maximum absolute atomic E-state index is 13.0. The Morgan fingerprint density at radius 2 is 1.44 bits per heavy atom. The van der Waals surface area contributed by atoms with E-state index >= 15 is 0 Å². The predicted octanol–water partition coefficient (Wildman–Crippen LogP) is 4.03. The molecule has 0 spiro atoms. The van der Waals surface area contributed by atoms with Gasteiger partial charge in [0.15, 0.2) is 0 Å². The highest BCUT2D eigenvalue weighted by Gasteiger charge is 2.22. The highest BCUT2D eigenvalue weighted by molar-refractivity contribution is 6.00. The zero-order valence-corrected chi connectivity index (χ0v) is 18.2. The summed E-state index contributed by atoms with van der Waals surface area (Å²) in [7, 11) is 1.61. The lowest BCUT2D eigenvalue weighted by Gasteiger charge is -2.16. The molecule has 0 atom stereocenters. The first kappa shape index (κ1) is 22.7. The van der Waals surface area contributed by atoms with Crippen molar-refractivity contribution in [2.45, 2.75) is 25.8 Å². The first-order chi connectivity index (χ1) is 15.6. The Kier molecular flexibility index (Phi) is 8.15. The predicted molar refractivity (Wildman–Crippen MR) is 125 cm³/mol. The van der Waals surface area contributed by atoms with E-state index in [-0.39, 0.29) is 18.2 Å². The fourth-order valence-corrected chi connectivity index (χ4v) is 3.28. The van der Waals surface area contributed by atoms with Gasteiger partial charge in [-0.15, -0.1) is 0 Å². The van der Waals surface area contributed by atoms with Gasteiger partial charge in [0.2, 0.25) is 5.91 Å². The van der Waals surface area contributed by atoms with Gasteiger partial charge in [-0.05, 0) is 35.7 Å². The van der Waals surface area contributed by atoms with Crippen LogP contribution in [-0.4, -0.2) is 24.6 Å². The van der Waals surface area contributed by atoms with Crippen molar-refractivity contribution < 1.29 is 14.3 Å². The molecule has 2 amide bonds. The fraction of sp³-hybridized carbons (Fsp3) is 0.192. The van der Waals surface area contributed by atoms with E-state index in [4.69, 9.17) is 4.74 Å². The van der Waals surface area contributed by atoms with Crippen molar-refractivity contribution in [1.29, 1.82) is 0 Å². The Labute approximate surface area is 188 Å². The van der Waals surface area contributed by atoms with Gasteiger partial charge in [-0.2, -0.15) is 5.10 Å². The normalized spacial score (nSPS) is 11.2. The van der Waals surface area contributed by atoms with Crippen LogP contribution >= 0.6 is 0 Å². The monoisotopic (exact) mass is 429 g/mol. The van der Waals surface area contributed by atoms with Crippen LogP contribution in [0.3, 0.4) is 0 Å². The Morgan fingerprint density at radius 1 is 0.875 bits per heavy atom. The molecule has 0 fully saturated rings. The highest BCUT2D eigenvalue weighted by Crippen LogP contribution is 2.24. The number of nitrogens with one attached hydrogen (secondary N) is 2. The molecule has 0 bridgehead atoms. The number of hydrazone groups is 1. The zero-order valence-electron chi connectivity index (χ0n) is 18.2. The number of benzene rings is 3. The summed E-state index contributed by atoms with van der Waals surface area (Å²) in [6, 6.07) is 26.6. The van der Waals surface area contributed by atoms with E-state index < -0.39 is 5.92 Å². The lowest BCUT2D eigenvalue weighted by molar-refractivity contribution is -0.122. The molecule has 0 aliphatic heterocycles. The van der Waals surface area contributed by atoms with Crippen LogP contribution in [0.15, 0.2) is 90.0 Å². The van der Waals surface area contributed by atoms with Crippen molar-refractivity contribution in [3.05, 3.63) is 102 Å². The summed E-state index contributed by atoms with van der Waals surface area (Å²) in [6.07, 6.45) is 0.0950. The Bertz CT molecular complexity index is 1010. The molecule has 0 radical (unpaired) electrons. The maximum atomic E-state index is 13.0. The minimum absolute atomic E-state index is 0.0950. The van der Waals surface area contributed by atoms with Crippen LogP contribution in [0.2, 0.25) is 0 Å². The van der Waals surface area contributed by atoms with Crippen LogP contribution in [-0.2, 0) is 16.1 Å². The van der Waals surface area contributed by atoms with Crippen molar-refractivity contribution in [2.75, 3.05) is 7.11 Å². The second-order valence-corrected chi connectivity index (χ2v) is 7.38. The number of hydrogen-bond donors (Lipinski definition) is 2. The minimum Gasteiger partial charge on any atom is -0.497 e. The molecule has 6 heteroatoms. The average molecular weight is 430 g/mol. The minimum atomic E-state index is -0.488. The fourth-order valence-electron chi connectivity index (χ4n) is 3.28. The third-order valence-electron chi connectivity index (χ3n) is 4.95. The van der Waals surface area contributed by atoms with Gasteiger partial charge in [-0.3, -0.25) is 9.59 Å². The van der Waals surface area contributed by atoms with Crippen molar-refractivity contribution >= 4 is 17.5 Å². The van der Waals surface area contributed by atoms with Crippen LogP contribution in [0, 0.1) is 0 Å². The molecular formula is C26H27N3O3. The van der Waals surface area contributed by atoms with E-state index in [2.05, 4.69) is 15.8 Å². The van der Waals surface area contributed by atoms with Gasteiger partial charge in [0, 0.05) is 12.3 Å². The second kappa shape index (κ2) is 11.5. The van der Waals surface area contributed by atoms with E-state index in [0.29, 0.717) is 12.3 Å². The number of ether oxygens (including phenoxy) is 1. The third-order valence-corrected chi connectivity index (χ3v) is 4.95. The van der Waals surface area contributed by atoms with Gasteiger partial charge in [0.1, 0.15) is 5.75 Å². The number of methoxy groups -OCH3 is 1. The van der Waals surface area contributed by atoms with Crippen LogP contribution in [0.4, 0.5) is 0 Å². The second-order valence-electron chi connectivity index (χ2n) is 7.38. The van der Waals surface area contributed by atoms with Crippen molar-refractivity contribution in [3.63, 3.8) is 0 Å². The Hall–Kier alpha value is -3.93.